The average molecular weight is 314 g/mol. The molecule has 0 amide bonds. The Bertz CT molecular complexity index is 498. The van der Waals surface area contributed by atoms with Crippen molar-refractivity contribution in [3.63, 3.8) is 0 Å². The van der Waals surface area contributed by atoms with E-state index in [9.17, 15) is 9.59 Å². The molecule has 3 aliphatic heterocycles. The first-order chi connectivity index (χ1) is 10.1. The van der Waals surface area contributed by atoms with Crippen molar-refractivity contribution < 1.29 is 33.3 Å². The zero-order valence-corrected chi connectivity index (χ0v) is 13.5. The summed E-state index contributed by atoms with van der Waals surface area (Å²) in [5.41, 5.74) is -0.665. The van der Waals surface area contributed by atoms with Crippen LogP contribution in [-0.4, -0.2) is 48.4 Å². The standard InChI is InChI=1S/C15H22O7/c1-6-14(2,3)13(17)20-9-7-8(18-11(9)16)10-12(19-7)22-15(4,5)21-10/h7-10,12H,6H2,1-5H3/t7?,8-,9-,10-,12-/m0/s1. The van der Waals surface area contributed by atoms with Gasteiger partial charge in [0.25, 0.3) is 0 Å². The molecule has 7 heteroatoms. The smallest absolute Gasteiger partial charge is 0.350 e. The number of carbonyl (C=O) groups is 2. The number of hydrogen-bond donors (Lipinski definition) is 0. The maximum absolute atomic E-state index is 12.2. The van der Waals surface area contributed by atoms with Gasteiger partial charge in [0.2, 0.25) is 6.10 Å². The van der Waals surface area contributed by atoms with Crippen LogP contribution < -0.4 is 0 Å². The van der Waals surface area contributed by atoms with Crippen LogP contribution in [0.25, 0.3) is 0 Å². The molecule has 3 fully saturated rings. The Morgan fingerprint density at radius 1 is 1.23 bits per heavy atom. The van der Waals surface area contributed by atoms with Crippen LogP contribution in [0.2, 0.25) is 0 Å². The van der Waals surface area contributed by atoms with E-state index in [1.54, 1.807) is 27.7 Å². The summed E-state index contributed by atoms with van der Waals surface area (Å²) < 4.78 is 27.7. The second-order valence-corrected chi connectivity index (χ2v) is 7.03. The fourth-order valence-electron chi connectivity index (χ4n) is 2.75. The fourth-order valence-corrected chi connectivity index (χ4v) is 2.75. The number of rotatable bonds is 3. The largest absolute Gasteiger partial charge is 0.454 e. The van der Waals surface area contributed by atoms with Crippen LogP contribution in [0.15, 0.2) is 0 Å². The van der Waals surface area contributed by atoms with Gasteiger partial charge in [0, 0.05) is 0 Å². The quantitative estimate of drug-likeness (QED) is 0.722. The molecule has 0 aromatic rings. The van der Waals surface area contributed by atoms with Gasteiger partial charge in [-0.1, -0.05) is 6.92 Å². The first kappa shape index (κ1) is 15.7. The third kappa shape index (κ3) is 2.41. The molecular weight excluding hydrogens is 292 g/mol. The van der Waals surface area contributed by atoms with Crippen LogP contribution in [0.4, 0.5) is 0 Å². The first-order valence-corrected chi connectivity index (χ1v) is 7.57. The van der Waals surface area contributed by atoms with Crippen LogP contribution in [0, 0.1) is 5.41 Å². The van der Waals surface area contributed by atoms with Crippen molar-refractivity contribution in [1.82, 2.24) is 0 Å². The lowest BCUT2D eigenvalue weighted by molar-refractivity contribution is -0.217. The Morgan fingerprint density at radius 2 is 1.91 bits per heavy atom. The molecule has 7 nitrogen and oxygen atoms in total. The molecule has 0 bridgehead atoms. The van der Waals surface area contributed by atoms with Crippen molar-refractivity contribution in [2.75, 3.05) is 0 Å². The lowest BCUT2D eigenvalue weighted by Gasteiger charge is -2.24. The van der Waals surface area contributed by atoms with Crippen molar-refractivity contribution >= 4 is 11.9 Å². The molecule has 0 aromatic heterocycles. The summed E-state index contributed by atoms with van der Waals surface area (Å²) in [5, 5.41) is 0. The minimum atomic E-state index is -1.07. The first-order valence-electron chi connectivity index (χ1n) is 7.57. The molecule has 5 atom stereocenters. The van der Waals surface area contributed by atoms with E-state index in [0.717, 1.165) is 0 Å². The second kappa shape index (κ2) is 4.91. The van der Waals surface area contributed by atoms with E-state index >= 15 is 0 Å². The molecule has 3 rings (SSSR count). The highest BCUT2D eigenvalue weighted by molar-refractivity contribution is 5.84. The molecule has 0 radical (unpaired) electrons. The zero-order valence-electron chi connectivity index (χ0n) is 13.5. The van der Waals surface area contributed by atoms with Gasteiger partial charge in [0.05, 0.1) is 5.41 Å². The average Bonchev–Trinajstić information content (AvgIpc) is 2.98. The van der Waals surface area contributed by atoms with Gasteiger partial charge in [-0.05, 0) is 34.1 Å². The summed E-state index contributed by atoms with van der Waals surface area (Å²) in [5.74, 6) is -1.83. The van der Waals surface area contributed by atoms with Gasteiger partial charge >= 0.3 is 11.9 Å². The van der Waals surface area contributed by atoms with E-state index in [0.29, 0.717) is 6.42 Å². The van der Waals surface area contributed by atoms with E-state index in [1.807, 2.05) is 6.92 Å². The summed E-state index contributed by atoms with van der Waals surface area (Å²) in [6.07, 6.45) is -2.86. The monoisotopic (exact) mass is 314 g/mol. The summed E-state index contributed by atoms with van der Waals surface area (Å²) >= 11 is 0. The van der Waals surface area contributed by atoms with Gasteiger partial charge < -0.3 is 23.7 Å². The number of esters is 2. The summed E-state index contributed by atoms with van der Waals surface area (Å²) in [7, 11) is 0. The highest BCUT2D eigenvalue weighted by Gasteiger charge is 2.64. The maximum Gasteiger partial charge on any atom is 0.350 e. The number of fused-ring (bicyclic) bond motifs is 3. The van der Waals surface area contributed by atoms with Crippen molar-refractivity contribution in [3.05, 3.63) is 0 Å². The van der Waals surface area contributed by atoms with Crippen LogP contribution >= 0.6 is 0 Å². The van der Waals surface area contributed by atoms with Gasteiger partial charge in [0.15, 0.2) is 24.3 Å². The molecule has 22 heavy (non-hydrogen) atoms. The van der Waals surface area contributed by atoms with Crippen molar-refractivity contribution in [2.24, 2.45) is 5.41 Å². The predicted molar refractivity (Wildman–Crippen MR) is 72.5 cm³/mol. The third-order valence-corrected chi connectivity index (χ3v) is 4.48. The van der Waals surface area contributed by atoms with E-state index in [2.05, 4.69) is 0 Å². The second-order valence-electron chi connectivity index (χ2n) is 7.03. The van der Waals surface area contributed by atoms with Crippen molar-refractivity contribution in [2.45, 2.75) is 77.5 Å². The number of hydrogen-bond acceptors (Lipinski definition) is 7. The molecule has 0 aliphatic carbocycles. The minimum absolute atomic E-state index is 0.444. The summed E-state index contributed by atoms with van der Waals surface area (Å²) in [6.45, 7) is 8.96. The molecule has 0 aromatic carbocycles. The molecule has 1 unspecified atom stereocenters. The fraction of sp³-hybridized carbons (Fsp3) is 0.867. The highest BCUT2D eigenvalue weighted by atomic mass is 16.8. The Labute approximate surface area is 129 Å². The molecule has 3 heterocycles. The van der Waals surface area contributed by atoms with E-state index in [4.69, 9.17) is 23.7 Å². The lowest BCUT2D eigenvalue weighted by Crippen LogP contribution is -2.40. The maximum atomic E-state index is 12.2. The van der Waals surface area contributed by atoms with E-state index < -0.39 is 53.8 Å². The Hall–Kier alpha value is -1.18. The molecular formula is C15H22O7. The van der Waals surface area contributed by atoms with Gasteiger partial charge in [-0.3, -0.25) is 4.79 Å². The number of carbonyl (C=O) groups excluding carboxylic acids is 2. The Kier molecular flexibility index (Phi) is 3.50. The Balaban J connectivity index is 1.72. The van der Waals surface area contributed by atoms with Gasteiger partial charge in [0.1, 0.15) is 6.10 Å². The molecule has 124 valence electrons. The lowest BCUT2D eigenvalue weighted by atomic mass is 9.90. The highest BCUT2D eigenvalue weighted by Crippen LogP contribution is 2.43. The van der Waals surface area contributed by atoms with E-state index in [-0.39, 0.29) is 0 Å². The molecule has 3 saturated heterocycles. The van der Waals surface area contributed by atoms with Gasteiger partial charge in [-0.15, -0.1) is 0 Å². The molecule has 0 spiro atoms. The van der Waals surface area contributed by atoms with Gasteiger partial charge in [-0.25, -0.2) is 4.79 Å². The number of ether oxygens (including phenoxy) is 5. The predicted octanol–water partition coefficient (Wildman–Crippen LogP) is 1.14. The molecule has 0 saturated carbocycles. The molecule has 0 N–H and O–H groups in total. The van der Waals surface area contributed by atoms with Gasteiger partial charge in [-0.2, -0.15) is 0 Å². The van der Waals surface area contributed by atoms with Crippen LogP contribution in [-0.2, 0) is 33.3 Å². The molecule has 3 aliphatic rings. The van der Waals surface area contributed by atoms with Crippen LogP contribution in [0.1, 0.15) is 41.0 Å². The van der Waals surface area contributed by atoms with Crippen LogP contribution in [0.5, 0.6) is 0 Å². The third-order valence-electron chi connectivity index (χ3n) is 4.48. The normalized spacial score (nSPS) is 39.3. The van der Waals surface area contributed by atoms with Crippen LogP contribution in [0.3, 0.4) is 0 Å². The topological polar surface area (TPSA) is 80.3 Å². The van der Waals surface area contributed by atoms with Crippen molar-refractivity contribution in [3.8, 4) is 0 Å². The summed E-state index contributed by atoms with van der Waals surface area (Å²) in [4.78, 5) is 24.2. The Morgan fingerprint density at radius 3 is 2.55 bits per heavy atom. The van der Waals surface area contributed by atoms with E-state index in [1.165, 1.54) is 0 Å². The summed E-state index contributed by atoms with van der Waals surface area (Å²) in [6, 6.07) is 0. The zero-order chi connectivity index (χ0) is 16.3. The minimum Gasteiger partial charge on any atom is -0.454 e. The van der Waals surface area contributed by atoms with Crippen molar-refractivity contribution in [1.29, 1.82) is 0 Å². The SMILES string of the molecule is CCC(C)(C)C(=O)O[C@@H]1C(=O)O[C@H]2C1O[C@H]1OC(C)(C)O[C@H]12.